The van der Waals surface area contributed by atoms with E-state index in [2.05, 4.69) is 24.3 Å². The molecule has 0 bridgehead atoms. The van der Waals surface area contributed by atoms with E-state index in [9.17, 15) is 14.4 Å². The minimum Gasteiger partial charge on any atom is -0.451 e. The summed E-state index contributed by atoms with van der Waals surface area (Å²) in [5.41, 5.74) is 0.625. The minimum atomic E-state index is -0.955. The van der Waals surface area contributed by atoms with Gasteiger partial charge in [0.25, 0.3) is 5.91 Å². The smallest absolute Gasteiger partial charge is 0.437 e. The maximum absolute atomic E-state index is 12.4. The molecule has 29 heavy (non-hydrogen) atoms. The summed E-state index contributed by atoms with van der Waals surface area (Å²) in [5.74, 6) is -0.780. The number of carbonyl (C=O) groups is 2. The number of ether oxygens (including phenoxy) is 1. The fourth-order valence-corrected chi connectivity index (χ4v) is 3.60. The number of nitrogens with one attached hydrogen (secondary N) is 1. The predicted molar refractivity (Wildman–Crippen MR) is 106 cm³/mol. The molecule has 2 aromatic rings. The molecule has 1 aliphatic rings. The van der Waals surface area contributed by atoms with Crippen molar-refractivity contribution in [1.82, 2.24) is 15.1 Å². The van der Waals surface area contributed by atoms with Crippen molar-refractivity contribution < 1.29 is 18.7 Å². The number of hydrogen-bond donors (Lipinski definition) is 1. The van der Waals surface area contributed by atoms with Gasteiger partial charge in [-0.15, -0.1) is 5.10 Å². The molecule has 1 heterocycles. The molecule has 1 aromatic heterocycles. The monoisotopic (exact) mass is 401 g/mol. The van der Waals surface area contributed by atoms with Crippen LogP contribution in [0.5, 0.6) is 0 Å². The van der Waals surface area contributed by atoms with E-state index in [4.69, 9.17) is 9.15 Å². The number of rotatable bonds is 6. The Morgan fingerprint density at radius 3 is 2.72 bits per heavy atom. The zero-order valence-corrected chi connectivity index (χ0v) is 17.0. The Morgan fingerprint density at radius 1 is 1.28 bits per heavy atom. The van der Waals surface area contributed by atoms with E-state index < -0.39 is 24.4 Å². The van der Waals surface area contributed by atoms with E-state index in [0.717, 1.165) is 23.9 Å². The highest BCUT2D eigenvalue weighted by atomic mass is 16.5. The van der Waals surface area contributed by atoms with Crippen molar-refractivity contribution in [3.05, 3.63) is 40.9 Å². The Balaban J connectivity index is 1.56. The van der Waals surface area contributed by atoms with Crippen LogP contribution in [0.1, 0.15) is 40.0 Å². The number of carbonyl (C=O) groups excluding carboxylic acids is 2. The van der Waals surface area contributed by atoms with Gasteiger partial charge < -0.3 is 14.5 Å². The molecule has 1 aliphatic carbocycles. The molecule has 3 rings (SSSR count). The molecular weight excluding hydrogens is 374 g/mol. The average molecular weight is 401 g/mol. The fourth-order valence-electron chi connectivity index (χ4n) is 3.60. The maximum Gasteiger partial charge on any atom is 0.437 e. The van der Waals surface area contributed by atoms with Crippen LogP contribution in [0.25, 0.3) is 11.5 Å². The van der Waals surface area contributed by atoms with Gasteiger partial charge in [-0.1, -0.05) is 44.9 Å². The van der Waals surface area contributed by atoms with Crippen LogP contribution in [0.15, 0.2) is 39.5 Å². The van der Waals surface area contributed by atoms with Crippen LogP contribution < -0.4 is 11.1 Å². The van der Waals surface area contributed by atoms with E-state index >= 15 is 0 Å². The molecule has 1 saturated carbocycles. The predicted octanol–water partition coefficient (Wildman–Crippen LogP) is 2.38. The van der Waals surface area contributed by atoms with Gasteiger partial charge in [0.1, 0.15) is 6.54 Å². The van der Waals surface area contributed by atoms with Gasteiger partial charge in [-0.05, 0) is 37.3 Å². The van der Waals surface area contributed by atoms with E-state index in [-0.39, 0.29) is 17.8 Å². The van der Waals surface area contributed by atoms with Crippen LogP contribution in [0.3, 0.4) is 0 Å². The van der Waals surface area contributed by atoms with Crippen LogP contribution in [0.2, 0.25) is 0 Å². The Bertz CT molecular complexity index is 905. The van der Waals surface area contributed by atoms with Crippen molar-refractivity contribution in [2.24, 2.45) is 11.8 Å². The number of benzene rings is 1. The highest BCUT2D eigenvalue weighted by Gasteiger charge is 2.30. The third-order valence-electron chi connectivity index (χ3n) is 5.62. The van der Waals surface area contributed by atoms with Gasteiger partial charge in [-0.3, -0.25) is 9.59 Å². The lowest BCUT2D eigenvalue weighted by Crippen LogP contribution is -2.47. The van der Waals surface area contributed by atoms with Gasteiger partial charge in [0.2, 0.25) is 5.89 Å². The van der Waals surface area contributed by atoms with E-state index in [1.165, 1.54) is 6.92 Å². The molecule has 0 unspecified atom stereocenters. The molecule has 0 radical (unpaired) electrons. The lowest BCUT2D eigenvalue weighted by atomic mass is 9.78. The second-order valence-electron chi connectivity index (χ2n) is 7.71. The largest absolute Gasteiger partial charge is 0.451 e. The second-order valence-corrected chi connectivity index (χ2v) is 7.71. The molecule has 1 N–H and O–H groups in total. The van der Waals surface area contributed by atoms with Gasteiger partial charge in [0.15, 0.2) is 6.10 Å². The normalized spacial score (nSPS) is 22.7. The first-order valence-corrected chi connectivity index (χ1v) is 9.98. The van der Waals surface area contributed by atoms with Crippen molar-refractivity contribution >= 4 is 11.9 Å². The SMILES string of the molecule is C[C@@H]1[C@@H](C)CCC[C@H]1NC(=O)[C@@H](C)OC(=O)Cn1nc(-c2ccccc2)oc1=O. The van der Waals surface area contributed by atoms with Crippen molar-refractivity contribution in [3.63, 3.8) is 0 Å². The number of nitrogens with zero attached hydrogens (tertiary/aromatic N) is 2. The molecule has 0 aliphatic heterocycles. The average Bonchev–Trinajstić information content (AvgIpc) is 3.06. The van der Waals surface area contributed by atoms with E-state index in [1.54, 1.807) is 24.3 Å². The standard InChI is InChI=1S/C21H27N3O5/c1-13-8-7-11-17(14(13)2)22-19(26)15(3)28-18(25)12-24-21(27)29-20(23-24)16-9-5-4-6-10-16/h4-6,9-10,13-15,17H,7-8,11-12H2,1-3H3,(H,22,26)/t13-,14+,15+,17+/m0/s1. The Hall–Kier alpha value is -2.90. The maximum atomic E-state index is 12.4. The van der Waals surface area contributed by atoms with Gasteiger partial charge >= 0.3 is 11.7 Å². The molecule has 1 fully saturated rings. The summed E-state index contributed by atoms with van der Waals surface area (Å²) >= 11 is 0. The van der Waals surface area contributed by atoms with Gasteiger partial charge in [-0.2, -0.15) is 4.68 Å². The van der Waals surface area contributed by atoms with Gasteiger partial charge in [0.05, 0.1) is 0 Å². The highest BCUT2D eigenvalue weighted by molar-refractivity contribution is 5.83. The Kier molecular flexibility index (Phi) is 6.51. The van der Waals surface area contributed by atoms with Crippen molar-refractivity contribution in [2.75, 3.05) is 0 Å². The Morgan fingerprint density at radius 2 is 2.00 bits per heavy atom. The number of esters is 1. The molecule has 1 amide bonds. The first-order valence-electron chi connectivity index (χ1n) is 9.98. The molecule has 1 aromatic carbocycles. The van der Waals surface area contributed by atoms with Crippen molar-refractivity contribution in [2.45, 2.75) is 58.7 Å². The lowest BCUT2D eigenvalue weighted by Gasteiger charge is -2.35. The Labute approximate surface area is 169 Å². The number of aromatic nitrogens is 2. The molecule has 156 valence electrons. The van der Waals surface area contributed by atoms with Crippen LogP contribution in [-0.4, -0.2) is 33.8 Å². The first-order chi connectivity index (χ1) is 13.8. The molecule has 8 nitrogen and oxygen atoms in total. The van der Waals surface area contributed by atoms with Gasteiger partial charge in [0, 0.05) is 11.6 Å². The van der Waals surface area contributed by atoms with Crippen LogP contribution in [0.4, 0.5) is 0 Å². The zero-order chi connectivity index (χ0) is 21.0. The fraction of sp³-hybridized carbons (Fsp3) is 0.524. The summed E-state index contributed by atoms with van der Waals surface area (Å²) in [6.07, 6.45) is 2.20. The van der Waals surface area contributed by atoms with Crippen LogP contribution in [0, 0.1) is 11.8 Å². The van der Waals surface area contributed by atoms with Crippen LogP contribution in [-0.2, 0) is 20.9 Å². The molecule has 4 atom stereocenters. The zero-order valence-electron chi connectivity index (χ0n) is 17.0. The summed E-state index contributed by atoms with van der Waals surface area (Å²) in [5, 5.41) is 7.01. The van der Waals surface area contributed by atoms with Crippen molar-refractivity contribution in [3.8, 4) is 11.5 Å². The summed E-state index contributed by atoms with van der Waals surface area (Å²) in [7, 11) is 0. The summed E-state index contributed by atoms with van der Waals surface area (Å²) in [4.78, 5) is 36.6. The molecular formula is C21H27N3O5. The number of hydrogen-bond acceptors (Lipinski definition) is 6. The molecule has 8 heteroatoms. The quantitative estimate of drug-likeness (QED) is 0.746. The van der Waals surface area contributed by atoms with Gasteiger partial charge in [-0.25, -0.2) is 4.79 Å². The summed E-state index contributed by atoms with van der Waals surface area (Å²) in [6, 6.07) is 8.98. The third-order valence-corrected chi connectivity index (χ3v) is 5.62. The van der Waals surface area contributed by atoms with E-state index in [1.807, 2.05) is 6.07 Å². The second kappa shape index (κ2) is 9.07. The number of amides is 1. The molecule has 0 saturated heterocycles. The highest BCUT2D eigenvalue weighted by Crippen LogP contribution is 2.29. The lowest BCUT2D eigenvalue weighted by molar-refractivity contribution is -0.156. The summed E-state index contributed by atoms with van der Waals surface area (Å²) in [6.45, 7) is 5.41. The third kappa shape index (κ3) is 5.13. The minimum absolute atomic E-state index is 0.0824. The summed E-state index contributed by atoms with van der Waals surface area (Å²) < 4.78 is 11.2. The topological polar surface area (TPSA) is 103 Å². The molecule has 0 spiro atoms. The van der Waals surface area contributed by atoms with E-state index in [0.29, 0.717) is 17.4 Å². The first kappa shape index (κ1) is 20.8. The van der Waals surface area contributed by atoms with Crippen molar-refractivity contribution in [1.29, 1.82) is 0 Å². The van der Waals surface area contributed by atoms with Crippen LogP contribution >= 0.6 is 0 Å².